The van der Waals surface area contributed by atoms with Crippen molar-refractivity contribution < 1.29 is 28.4 Å². The van der Waals surface area contributed by atoms with Crippen molar-refractivity contribution in [1.82, 2.24) is 0 Å². The lowest BCUT2D eigenvalue weighted by Crippen LogP contribution is -2.22. The third-order valence-corrected chi connectivity index (χ3v) is 4.98. The van der Waals surface area contributed by atoms with E-state index in [9.17, 15) is 19.1 Å². The zero-order valence-corrected chi connectivity index (χ0v) is 18.0. The summed E-state index contributed by atoms with van der Waals surface area (Å²) in [6.45, 7) is 1.78. The van der Waals surface area contributed by atoms with Crippen molar-refractivity contribution >= 4 is 13.6 Å². The number of phosphoric acid groups is 1. The van der Waals surface area contributed by atoms with Crippen LogP contribution in [0.2, 0.25) is 0 Å². The van der Waals surface area contributed by atoms with Crippen LogP contribution < -0.4 is 9.79 Å². The van der Waals surface area contributed by atoms with Crippen molar-refractivity contribution in [3.05, 3.63) is 0 Å². The minimum atomic E-state index is -5.07. The van der Waals surface area contributed by atoms with E-state index in [0.29, 0.717) is 6.61 Å². The molecular formula is C20H39O6P-2. The Morgan fingerprint density at radius 1 is 0.704 bits per heavy atom. The molecule has 6 nitrogen and oxygen atoms in total. The summed E-state index contributed by atoms with van der Waals surface area (Å²) in [6, 6.07) is 0. The van der Waals surface area contributed by atoms with Gasteiger partial charge in [-0.3, -0.25) is 4.79 Å². The number of carbonyl (C=O) groups is 1. The second kappa shape index (κ2) is 19.1. The van der Waals surface area contributed by atoms with Crippen molar-refractivity contribution in [2.45, 2.75) is 103 Å². The van der Waals surface area contributed by atoms with Crippen LogP contribution in [0.3, 0.4) is 0 Å². The highest BCUT2D eigenvalue weighted by Crippen LogP contribution is 2.23. The van der Waals surface area contributed by atoms with Crippen molar-refractivity contribution in [2.24, 2.45) is 0 Å². The lowest BCUT2D eigenvalue weighted by molar-refractivity contribution is -0.341. The number of hydrogen-bond donors (Lipinski definition) is 0. The molecule has 0 aliphatic carbocycles. The monoisotopic (exact) mass is 406 g/mol. The first-order chi connectivity index (χ1) is 13.0. The summed E-state index contributed by atoms with van der Waals surface area (Å²) in [6.07, 6.45) is 19.4. The largest absolute Gasteiger partial charge is 0.790 e. The summed E-state index contributed by atoms with van der Waals surface area (Å²) >= 11 is 0. The molecular weight excluding hydrogens is 367 g/mol. The average Bonchev–Trinajstić information content (AvgIpc) is 2.62. The fourth-order valence-corrected chi connectivity index (χ4v) is 3.26. The number of hydrogen-bond acceptors (Lipinski definition) is 6. The molecule has 27 heavy (non-hydrogen) atoms. The summed E-state index contributed by atoms with van der Waals surface area (Å²) in [7, 11) is -5.07. The van der Waals surface area contributed by atoms with Gasteiger partial charge >= 0.3 is 0 Å². The molecule has 0 bridgehead atoms. The Morgan fingerprint density at radius 2 is 1.11 bits per heavy atom. The van der Waals surface area contributed by atoms with Gasteiger partial charge in [0.15, 0.2) is 5.78 Å². The predicted octanol–water partition coefficient (Wildman–Crippen LogP) is 4.29. The van der Waals surface area contributed by atoms with Crippen molar-refractivity contribution in [1.29, 1.82) is 0 Å². The molecule has 0 aliphatic rings. The number of ether oxygens (including phenoxy) is 1. The third kappa shape index (κ3) is 23.7. The summed E-state index contributed by atoms with van der Waals surface area (Å²) in [5.74, 6) is -0.539. The molecule has 0 aromatic rings. The normalized spacial score (nSPS) is 11.8. The van der Waals surface area contributed by atoms with Crippen molar-refractivity contribution in [3.63, 3.8) is 0 Å². The van der Waals surface area contributed by atoms with Crippen LogP contribution in [-0.2, 0) is 18.6 Å². The average molecular weight is 407 g/mol. The molecule has 0 atom stereocenters. The minimum Gasteiger partial charge on any atom is -0.790 e. The standard InChI is InChI=1S/C20H41O6P/c1-2-3-4-5-6-7-8-9-10-11-12-13-14-15-16-17-25-18-20(21)19-26-27(22,23)24/h2-19H2,1H3,(H2,22,23,24)/p-2. The van der Waals surface area contributed by atoms with Gasteiger partial charge in [0, 0.05) is 6.61 Å². The van der Waals surface area contributed by atoms with Gasteiger partial charge in [0.1, 0.15) is 13.2 Å². The van der Waals surface area contributed by atoms with Crippen LogP contribution in [0, 0.1) is 0 Å². The number of phosphoric ester groups is 1. The lowest BCUT2D eigenvalue weighted by Gasteiger charge is -2.27. The van der Waals surface area contributed by atoms with Gasteiger partial charge < -0.3 is 23.6 Å². The first-order valence-electron chi connectivity index (χ1n) is 10.7. The van der Waals surface area contributed by atoms with Crippen molar-refractivity contribution in [3.8, 4) is 0 Å². The Hall–Kier alpha value is -0.260. The van der Waals surface area contributed by atoms with E-state index in [0.717, 1.165) is 12.8 Å². The van der Waals surface area contributed by atoms with E-state index in [1.807, 2.05) is 0 Å². The number of rotatable bonds is 21. The third-order valence-electron chi connectivity index (χ3n) is 4.54. The van der Waals surface area contributed by atoms with Crippen LogP contribution in [0.15, 0.2) is 0 Å². The molecule has 0 rings (SSSR count). The zero-order chi connectivity index (χ0) is 20.2. The molecule has 7 heteroatoms. The maximum atomic E-state index is 11.2. The Labute approximate surface area is 165 Å². The smallest absolute Gasteiger partial charge is 0.184 e. The first kappa shape index (κ1) is 26.7. The number of unbranched alkanes of at least 4 members (excludes halogenated alkanes) is 14. The Bertz CT molecular complexity index is 383. The summed E-state index contributed by atoms with van der Waals surface area (Å²) in [5.41, 5.74) is 0. The second-order valence-electron chi connectivity index (χ2n) is 7.26. The van der Waals surface area contributed by atoms with Crippen LogP contribution >= 0.6 is 7.82 Å². The van der Waals surface area contributed by atoms with Crippen LogP contribution in [0.1, 0.15) is 103 Å². The summed E-state index contributed by atoms with van der Waals surface area (Å²) in [4.78, 5) is 31.7. The van der Waals surface area contributed by atoms with Gasteiger partial charge in [0.25, 0.3) is 0 Å². The maximum Gasteiger partial charge on any atom is 0.184 e. The number of ketones is 1. The molecule has 162 valence electrons. The summed E-state index contributed by atoms with van der Waals surface area (Å²) in [5, 5.41) is 0. The lowest BCUT2D eigenvalue weighted by atomic mass is 10.0. The Kier molecular flexibility index (Phi) is 18.9. The molecule has 0 fully saturated rings. The SMILES string of the molecule is CCCCCCCCCCCCCCCCCOCC(=O)COP(=O)([O-])[O-]. The van der Waals surface area contributed by atoms with Crippen LogP contribution in [-0.4, -0.2) is 25.6 Å². The fraction of sp³-hybridized carbons (Fsp3) is 0.950. The Morgan fingerprint density at radius 3 is 1.52 bits per heavy atom. The van der Waals surface area contributed by atoms with Crippen molar-refractivity contribution in [2.75, 3.05) is 19.8 Å². The molecule has 0 saturated heterocycles. The molecule has 0 aliphatic heterocycles. The van der Waals surface area contributed by atoms with E-state index in [4.69, 9.17) is 4.74 Å². The minimum absolute atomic E-state index is 0.210. The molecule has 0 heterocycles. The maximum absolute atomic E-state index is 11.2. The highest BCUT2D eigenvalue weighted by Gasteiger charge is 2.03. The van der Waals surface area contributed by atoms with E-state index < -0.39 is 20.2 Å². The zero-order valence-electron chi connectivity index (χ0n) is 17.1. The number of Topliss-reactive ketones (excluding diaryl/α,β-unsaturated/α-hetero) is 1. The molecule has 0 unspecified atom stereocenters. The molecule has 0 radical (unpaired) electrons. The fourth-order valence-electron chi connectivity index (χ4n) is 2.95. The molecule has 0 N–H and O–H groups in total. The first-order valence-corrected chi connectivity index (χ1v) is 12.2. The van der Waals surface area contributed by atoms with E-state index in [1.165, 1.54) is 83.5 Å². The van der Waals surface area contributed by atoms with Gasteiger partial charge in [0.2, 0.25) is 0 Å². The van der Waals surface area contributed by atoms with Gasteiger partial charge in [-0.1, -0.05) is 96.8 Å². The van der Waals surface area contributed by atoms with Crippen LogP contribution in [0.4, 0.5) is 0 Å². The van der Waals surface area contributed by atoms with Gasteiger partial charge in [-0.25, -0.2) is 0 Å². The highest BCUT2D eigenvalue weighted by molar-refractivity contribution is 7.43. The predicted molar refractivity (Wildman–Crippen MR) is 104 cm³/mol. The van der Waals surface area contributed by atoms with Gasteiger partial charge in [-0.05, 0) is 6.42 Å². The van der Waals surface area contributed by atoms with Gasteiger partial charge in [-0.2, -0.15) is 0 Å². The summed E-state index contributed by atoms with van der Waals surface area (Å²) < 4.78 is 19.3. The molecule has 0 aromatic carbocycles. The van der Waals surface area contributed by atoms with Crippen LogP contribution in [0.25, 0.3) is 0 Å². The van der Waals surface area contributed by atoms with E-state index in [-0.39, 0.29) is 6.61 Å². The molecule has 0 amide bonds. The van der Waals surface area contributed by atoms with Gasteiger partial charge in [0.05, 0.1) is 7.82 Å². The van der Waals surface area contributed by atoms with E-state index in [2.05, 4.69) is 11.4 Å². The highest BCUT2D eigenvalue weighted by atomic mass is 31.2. The quantitative estimate of drug-likeness (QED) is 0.208. The second-order valence-corrected chi connectivity index (χ2v) is 8.41. The molecule has 0 aromatic heterocycles. The Balaban J connectivity index is 3.15. The van der Waals surface area contributed by atoms with E-state index in [1.54, 1.807) is 0 Å². The molecule has 0 saturated carbocycles. The topological polar surface area (TPSA) is 98.7 Å². The van der Waals surface area contributed by atoms with Gasteiger partial charge in [-0.15, -0.1) is 0 Å². The molecule has 0 spiro atoms. The van der Waals surface area contributed by atoms with E-state index >= 15 is 0 Å². The number of carbonyl (C=O) groups excluding carboxylic acids is 1. The van der Waals surface area contributed by atoms with Crippen LogP contribution in [0.5, 0.6) is 0 Å².